The number of hydrogen-bond donors (Lipinski definition) is 1. The second-order valence-corrected chi connectivity index (χ2v) is 11.3. The number of aromatic nitrogens is 3. The van der Waals surface area contributed by atoms with E-state index in [2.05, 4.69) is 112 Å². The maximum absolute atomic E-state index is 12.4. The molecular formula is C40H27N3O. The molecule has 0 saturated heterocycles. The molecule has 8 aromatic rings. The maximum atomic E-state index is 12.4. The van der Waals surface area contributed by atoms with Crippen molar-refractivity contribution < 1.29 is 5.11 Å². The van der Waals surface area contributed by atoms with Gasteiger partial charge in [-0.05, 0) is 58.7 Å². The fourth-order valence-electron chi connectivity index (χ4n) is 6.83. The first-order valence-corrected chi connectivity index (χ1v) is 14.9. The van der Waals surface area contributed by atoms with Crippen molar-refractivity contribution in [1.29, 1.82) is 0 Å². The van der Waals surface area contributed by atoms with E-state index in [0.717, 1.165) is 78.1 Å². The average Bonchev–Trinajstić information content (AvgIpc) is 3.66. The van der Waals surface area contributed by atoms with Gasteiger partial charge in [-0.1, -0.05) is 115 Å². The summed E-state index contributed by atoms with van der Waals surface area (Å²) in [5.74, 6) is 0.806. The van der Waals surface area contributed by atoms with Gasteiger partial charge in [0.05, 0.1) is 16.7 Å². The molecule has 0 spiro atoms. The third-order valence-electron chi connectivity index (χ3n) is 8.82. The van der Waals surface area contributed by atoms with Crippen LogP contribution in [0.15, 0.2) is 152 Å². The van der Waals surface area contributed by atoms with Crippen molar-refractivity contribution in [2.24, 2.45) is 0 Å². The highest BCUT2D eigenvalue weighted by atomic mass is 16.3. The summed E-state index contributed by atoms with van der Waals surface area (Å²) in [5.41, 5.74) is 11.1. The molecule has 3 heterocycles. The van der Waals surface area contributed by atoms with E-state index in [-0.39, 0.29) is 0 Å². The van der Waals surface area contributed by atoms with Crippen molar-refractivity contribution >= 4 is 21.8 Å². The van der Waals surface area contributed by atoms with E-state index in [1.807, 2.05) is 48.5 Å². The summed E-state index contributed by atoms with van der Waals surface area (Å²) < 4.78 is 4.23. The molecule has 4 heteroatoms. The first-order chi connectivity index (χ1) is 21.8. The van der Waals surface area contributed by atoms with Crippen LogP contribution in [0, 0.1) is 0 Å². The van der Waals surface area contributed by atoms with E-state index in [4.69, 9.17) is 4.98 Å². The predicted molar refractivity (Wildman–Crippen MR) is 179 cm³/mol. The molecule has 1 aliphatic rings. The number of aliphatic hydroxyl groups excluding tert-OH is 1. The molecule has 2 aromatic heterocycles. The van der Waals surface area contributed by atoms with Gasteiger partial charge in [0.15, 0.2) is 6.23 Å². The molecule has 0 fully saturated rings. The van der Waals surface area contributed by atoms with Crippen LogP contribution in [0.1, 0.15) is 11.9 Å². The van der Waals surface area contributed by atoms with Crippen LogP contribution >= 0.6 is 0 Å². The van der Waals surface area contributed by atoms with Gasteiger partial charge in [0.2, 0.25) is 0 Å². The zero-order valence-corrected chi connectivity index (χ0v) is 23.8. The second-order valence-electron chi connectivity index (χ2n) is 11.3. The minimum absolute atomic E-state index is 0.763. The van der Waals surface area contributed by atoms with Crippen LogP contribution in [0.2, 0.25) is 0 Å². The number of nitrogens with zero attached hydrogens (tertiary/aromatic N) is 3. The van der Waals surface area contributed by atoms with Crippen LogP contribution in [0.4, 0.5) is 0 Å². The fraction of sp³-hybridized carbons (Fsp3) is 0.0250. The van der Waals surface area contributed by atoms with Crippen LogP contribution in [-0.2, 0) is 0 Å². The normalized spacial score (nSPS) is 13.8. The minimum Gasteiger partial charge on any atom is -0.368 e. The molecule has 0 aliphatic carbocycles. The predicted octanol–water partition coefficient (Wildman–Crippen LogP) is 9.50. The number of benzene rings is 6. The average molecular weight is 566 g/mol. The van der Waals surface area contributed by atoms with Crippen LogP contribution in [0.25, 0.3) is 72.4 Å². The zero-order chi connectivity index (χ0) is 29.2. The Morgan fingerprint density at radius 3 is 1.75 bits per heavy atom. The number of hydrogen-bond acceptors (Lipinski definition) is 2. The number of fused-ring (bicyclic) bond motifs is 5. The minimum atomic E-state index is -0.937. The largest absolute Gasteiger partial charge is 0.368 e. The van der Waals surface area contributed by atoms with Gasteiger partial charge in [0.1, 0.15) is 11.5 Å². The molecule has 208 valence electrons. The molecule has 44 heavy (non-hydrogen) atoms. The van der Waals surface area contributed by atoms with Crippen molar-refractivity contribution in [3.8, 4) is 50.6 Å². The van der Waals surface area contributed by atoms with Crippen molar-refractivity contribution in [1.82, 2.24) is 14.1 Å². The summed E-state index contributed by atoms with van der Waals surface area (Å²) in [6.45, 7) is 0. The Labute approximate surface area is 254 Å². The number of imidazole rings is 1. The monoisotopic (exact) mass is 565 g/mol. The Bertz CT molecular complexity index is 2320. The van der Waals surface area contributed by atoms with E-state index >= 15 is 0 Å². The lowest BCUT2D eigenvalue weighted by Crippen LogP contribution is -2.18. The van der Waals surface area contributed by atoms with Crippen LogP contribution < -0.4 is 0 Å². The third kappa shape index (κ3) is 3.65. The molecule has 0 bridgehead atoms. The first kappa shape index (κ1) is 24.8. The van der Waals surface area contributed by atoms with E-state index in [0.29, 0.717) is 0 Å². The molecular weight excluding hydrogens is 538 g/mol. The topological polar surface area (TPSA) is 43.0 Å². The molecule has 4 nitrogen and oxygen atoms in total. The van der Waals surface area contributed by atoms with E-state index in [1.54, 1.807) is 0 Å². The first-order valence-electron chi connectivity index (χ1n) is 14.9. The fourth-order valence-corrected chi connectivity index (χ4v) is 6.83. The van der Waals surface area contributed by atoms with E-state index in [9.17, 15) is 5.11 Å². The summed E-state index contributed by atoms with van der Waals surface area (Å²) >= 11 is 0. The van der Waals surface area contributed by atoms with Crippen molar-refractivity contribution in [2.75, 3.05) is 0 Å². The van der Waals surface area contributed by atoms with Gasteiger partial charge < -0.3 is 9.67 Å². The van der Waals surface area contributed by atoms with Crippen molar-refractivity contribution in [3.63, 3.8) is 0 Å². The Kier molecular flexibility index (Phi) is 5.46. The quantitative estimate of drug-likeness (QED) is 0.231. The lowest BCUT2D eigenvalue weighted by Gasteiger charge is -2.25. The second kappa shape index (κ2) is 9.66. The van der Waals surface area contributed by atoms with Crippen molar-refractivity contribution in [3.05, 3.63) is 157 Å². The lowest BCUT2D eigenvalue weighted by atomic mass is 9.95. The SMILES string of the molecule is OC1c2c(nc(-c3ccccc3)n2-c2ccccc2)-c2cc(-c3ccccc3)cc3c4cc(-c5ccccc5)ccc4n1c23. The lowest BCUT2D eigenvalue weighted by molar-refractivity contribution is 0.148. The molecule has 0 amide bonds. The Morgan fingerprint density at radius 2 is 1.09 bits per heavy atom. The molecule has 1 atom stereocenters. The van der Waals surface area contributed by atoms with Gasteiger partial charge in [-0.25, -0.2) is 4.98 Å². The molecule has 6 aromatic carbocycles. The van der Waals surface area contributed by atoms with E-state index in [1.165, 1.54) is 0 Å². The molecule has 0 radical (unpaired) electrons. The Hall–Kier alpha value is -5.71. The summed E-state index contributed by atoms with van der Waals surface area (Å²) in [5, 5.41) is 14.6. The van der Waals surface area contributed by atoms with Gasteiger partial charge in [-0.3, -0.25) is 4.57 Å². The maximum Gasteiger partial charge on any atom is 0.175 e. The summed E-state index contributed by atoms with van der Waals surface area (Å²) in [7, 11) is 0. The number of para-hydroxylation sites is 1. The highest BCUT2D eigenvalue weighted by Crippen LogP contribution is 2.49. The highest BCUT2D eigenvalue weighted by molar-refractivity contribution is 6.16. The van der Waals surface area contributed by atoms with Gasteiger partial charge >= 0.3 is 0 Å². The number of rotatable bonds is 4. The van der Waals surface area contributed by atoms with Crippen LogP contribution in [0.5, 0.6) is 0 Å². The molecule has 0 saturated carbocycles. The van der Waals surface area contributed by atoms with Gasteiger partial charge in [0.25, 0.3) is 0 Å². The summed E-state index contributed by atoms with van der Waals surface area (Å²) in [4.78, 5) is 5.33. The Morgan fingerprint density at radius 1 is 0.523 bits per heavy atom. The van der Waals surface area contributed by atoms with Gasteiger partial charge in [0, 0.05) is 27.6 Å². The van der Waals surface area contributed by atoms with Gasteiger partial charge in [-0.15, -0.1) is 0 Å². The standard InChI is InChI=1S/C40H27N3O/c44-40-38-36(41-39(28-17-9-3-10-18-28)42(38)31-19-11-4-12-20-31)34-25-30(27-15-7-2-8-16-27)24-33-32-23-29(26-13-5-1-6-14-26)21-22-35(32)43(40)37(33)34/h1-25,40,44H. The summed E-state index contributed by atoms with van der Waals surface area (Å²) in [6, 6.07) is 52.5. The zero-order valence-electron chi connectivity index (χ0n) is 23.8. The smallest absolute Gasteiger partial charge is 0.175 e. The Balaban J connectivity index is 1.41. The van der Waals surface area contributed by atoms with Crippen LogP contribution in [-0.4, -0.2) is 19.2 Å². The molecule has 1 N–H and O–H groups in total. The van der Waals surface area contributed by atoms with Crippen molar-refractivity contribution in [2.45, 2.75) is 6.23 Å². The number of aliphatic hydroxyl groups is 1. The molecule has 1 aliphatic heterocycles. The highest BCUT2D eigenvalue weighted by Gasteiger charge is 2.35. The third-order valence-corrected chi connectivity index (χ3v) is 8.82. The molecule has 9 rings (SSSR count). The molecule has 1 unspecified atom stereocenters. The summed E-state index contributed by atoms with van der Waals surface area (Å²) in [6.07, 6.45) is -0.937. The van der Waals surface area contributed by atoms with E-state index < -0.39 is 6.23 Å². The van der Waals surface area contributed by atoms with Gasteiger partial charge in [-0.2, -0.15) is 0 Å². The van der Waals surface area contributed by atoms with Crippen LogP contribution in [0.3, 0.4) is 0 Å².